The summed E-state index contributed by atoms with van der Waals surface area (Å²) in [4.78, 5) is 2.75. The van der Waals surface area contributed by atoms with E-state index in [1.807, 2.05) is 23.5 Å². The van der Waals surface area contributed by atoms with E-state index in [0.29, 0.717) is 0 Å². The fraction of sp³-hybridized carbons (Fsp3) is 0.333. The van der Waals surface area contributed by atoms with Crippen molar-refractivity contribution >= 4 is 23.5 Å². The van der Waals surface area contributed by atoms with Gasteiger partial charge in [0, 0.05) is 33.9 Å². The molecule has 0 amide bonds. The van der Waals surface area contributed by atoms with Crippen LogP contribution in [0.25, 0.3) is 0 Å². The Bertz CT molecular complexity index is 552. The van der Waals surface area contributed by atoms with Crippen molar-refractivity contribution in [2.75, 3.05) is 11.5 Å². The normalized spacial score (nSPS) is 14.3. The molecule has 0 aliphatic heterocycles. The molecule has 0 saturated heterocycles. The molecule has 2 aromatic rings. The average Bonchev–Trinajstić information content (AvgIpc) is 3.35. The maximum Gasteiger partial charge on any atom is 0.0208 e. The summed E-state index contributed by atoms with van der Waals surface area (Å²) in [5.41, 5.74) is 1.41. The summed E-state index contributed by atoms with van der Waals surface area (Å²) in [6.07, 6.45) is 2.70. The number of nitrogens with one attached hydrogen (secondary N) is 1. The highest BCUT2D eigenvalue weighted by atomic mass is 32.2. The molecular formula is C18H21NS2. The molecule has 0 spiro atoms. The second-order valence-electron chi connectivity index (χ2n) is 5.31. The minimum atomic E-state index is 0.781. The van der Waals surface area contributed by atoms with Crippen molar-refractivity contribution in [3.05, 3.63) is 60.2 Å². The summed E-state index contributed by atoms with van der Waals surface area (Å²) in [7, 11) is 0. The van der Waals surface area contributed by atoms with Crippen molar-refractivity contribution in [2.24, 2.45) is 0 Å². The Kier molecular flexibility index (Phi) is 5.67. The summed E-state index contributed by atoms with van der Waals surface area (Å²) in [6, 6.07) is 20.4. The molecule has 1 N–H and O–H groups in total. The number of hydrogen-bond donors (Lipinski definition) is 1. The maximum atomic E-state index is 3.58. The standard InChI is InChI=1S/C18H21NS2/c1-2-6-17(7-3-1)20-11-12-21-18-8-4-5-15(13-18)14-19-16-9-10-16/h1-8,13,16,19H,9-12,14H2. The Labute approximate surface area is 135 Å². The lowest BCUT2D eigenvalue weighted by Crippen LogP contribution is -2.15. The van der Waals surface area contributed by atoms with Crippen LogP contribution < -0.4 is 5.32 Å². The molecule has 0 heterocycles. The van der Waals surface area contributed by atoms with Crippen molar-refractivity contribution in [3.63, 3.8) is 0 Å². The molecule has 1 saturated carbocycles. The van der Waals surface area contributed by atoms with Crippen LogP contribution in [-0.4, -0.2) is 17.5 Å². The van der Waals surface area contributed by atoms with Gasteiger partial charge in [-0.15, -0.1) is 23.5 Å². The van der Waals surface area contributed by atoms with E-state index in [1.54, 1.807) is 0 Å². The first-order chi connectivity index (χ1) is 10.4. The molecule has 110 valence electrons. The number of rotatable bonds is 8. The summed E-state index contributed by atoms with van der Waals surface area (Å²) in [5.74, 6) is 2.30. The second-order valence-corrected chi connectivity index (χ2v) is 7.65. The van der Waals surface area contributed by atoms with Crippen molar-refractivity contribution < 1.29 is 0 Å². The van der Waals surface area contributed by atoms with Crippen molar-refractivity contribution in [2.45, 2.75) is 35.2 Å². The molecule has 1 fully saturated rings. The molecule has 1 aliphatic rings. The van der Waals surface area contributed by atoms with E-state index < -0.39 is 0 Å². The van der Waals surface area contributed by atoms with Gasteiger partial charge in [-0.25, -0.2) is 0 Å². The van der Waals surface area contributed by atoms with Crippen molar-refractivity contribution in [3.8, 4) is 0 Å². The van der Waals surface area contributed by atoms with E-state index in [9.17, 15) is 0 Å². The monoisotopic (exact) mass is 315 g/mol. The van der Waals surface area contributed by atoms with Crippen LogP contribution in [0, 0.1) is 0 Å². The second kappa shape index (κ2) is 7.92. The summed E-state index contributed by atoms with van der Waals surface area (Å²) < 4.78 is 0. The molecule has 21 heavy (non-hydrogen) atoms. The van der Waals surface area contributed by atoms with Crippen LogP contribution in [0.2, 0.25) is 0 Å². The molecule has 0 aromatic heterocycles. The first kappa shape index (κ1) is 15.0. The molecule has 3 rings (SSSR count). The van der Waals surface area contributed by atoms with Gasteiger partial charge in [-0.3, -0.25) is 0 Å². The first-order valence-electron chi connectivity index (χ1n) is 7.53. The minimum Gasteiger partial charge on any atom is -0.310 e. The first-order valence-corrected chi connectivity index (χ1v) is 9.50. The Balaban J connectivity index is 1.41. The van der Waals surface area contributed by atoms with Gasteiger partial charge < -0.3 is 5.32 Å². The Hall–Kier alpha value is -0.900. The third-order valence-corrected chi connectivity index (χ3v) is 5.70. The van der Waals surface area contributed by atoms with Crippen LogP contribution in [0.15, 0.2) is 64.4 Å². The predicted molar refractivity (Wildman–Crippen MR) is 94.2 cm³/mol. The van der Waals surface area contributed by atoms with Gasteiger partial charge in [0.1, 0.15) is 0 Å². The van der Waals surface area contributed by atoms with Crippen LogP contribution in [0.3, 0.4) is 0 Å². The third-order valence-electron chi connectivity index (χ3n) is 3.43. The number of thioether (sulfide) groups is 2. The van der Waals surface area contributed by atoms with Gasteiger partial charge >= 0.3 is 0 Å². The molecule has 0 unspecified atom stereocenters. The van der Waals surface area contributed by atoms with Crippen LogP contribution in [0.4, 0.5) is 0 Å². The summed E-state index contributed by atoms with van der Waals surface area (Å²) in [5, 5.41) is 3.58. The highest BCUT2D eigenvalue weighted by molar-refractivity contribution is 8.03. The molecular weight excluding hydrogens is 294 g/mol. The smallest absolute Gasteiger partial charge is 0.0208 e. The van der Waals surface area contributed by atoms with Gasteiger partial charge in [0.15, 0.2) is 0 Å². The third kappa shape index (κ3) is 5.42. The van der Waals surface area contributed by atoms with Gasteiger partial charge in [0.25, 0.3) is 0 Å². The average molecular weight is 316 g/mol. The highest BCUT2D eigenvalue weighted by Crippen LogP contribution is 2.24. The fourth-order valence-electron chi connectivity index (χ4n) is 2.13. The van der Waals surface area contributed by atoms with Crippen molar-refractivity contribution in [1.29, 1.82) is 0 Å². The van der Waals surface area contributed by atoms with Crippen LogP contribution in [0.1, 0.15) is 18.4 Å². The molecule has 0 bridgehead atoms. The van der Waals surface area contributed by atoms with Gasteiger partial charge in [-0.05, 0) is 42.7 Å². The Morgan fingerprint density at radius 3 is 2.33 bits per heavy atom. The minimum absolute atomic E-state index is 0.781. The van der Waals surface area contributed by atoms with Crippen molar-refractivity contribution in [1.82, 2.24) is 5.32 Å². The summed E-state index contributed by atoms with van der Waals surface area (Å²) >= 11 is 3.89. The zero-order valence-electron chi connectivity index (χ0n) is 12.1. The topological polar surface area (TPSA) is 12.0 Å². The lowest BCUT2D eigenvalue weighted by atomic mass is 10.2. The van der Waals surface area contributed by atoms with Gasteiger partial charge in [0.2, 0.25) is 0 Å². The molecule has 3 heteroatoms. The van der Waals surface area contributed by atoms with Gasteiger partial charge in [-0.1, -0.05) is 30.3 Å². The molecule has 0 radical (unpaired) electrons. The molecule has 1 nitrogen and oxygen atoms in total. The van der Waals surface area contributed by atoms with Crippen LogP contribution in [-0.2, 0) is 6.54 Å². The highest BCUT2D eigenvalue weighted by Gasteiger charge is 2.19. The Morgan fingerprint density at radius 2 is 1.57 bits per heavy atom. The van der Waals surface area contributed by atoms with E-state index in [4.69, 9.17) is 0 Å². The number of benzene rings is 2. The fourth-order valence-corrected chi connectivity index (χ4v) is 4.03. The van der Waals surface area contributed by atoms with E-state index in [2.05, 4.69) is 59.9 Å². The lowest BCUT2D eigenvalue weighted by molar-refractivity contribution is 0.687. The van der Waals surface area contributed by atoms with E-state index in [-0.39, 0.29) is 0 Å². The molecule has 2 aromatic carbocycles. The zero-order chi connectivity index (χ0) is 14.3. The molecule has 0 atom stereocenters. The van der Waals surface area contributed by atoms with Gasteiger partial charge in [-0.2, -0.15) is 0 Å². The number of hydrogen-bond acceptors (Lipinski definition) is 3. The Morgan fingerprint density at radius 1 is 0.857 bits per heavy atom. The summed E-state index contributed by atoms with van der Waals surface area (Å²) in [6.45, 7) is 1.01. The van der Waals surface area contributed by atoms with Gasteiger partial charge in [0.05, 0.1) is 0 Å². The zero-order valence-corrected chi connectivity index (χ0v) is 13.8. The van der Waals surface area contributed by atoms with Crippen LogP contribution >= 0.6 is 23.5 Å². The lowest BCUT2D eigenvalue weighted by Gasteiger charge is -2.06. The predicted octanol–water partition coefficient (Wildman–Crippen LogP) is 4.82. The van der Waals surface area contributed by atoms with Crippen LogP contribution in [0.5, 0.6) is 0 Å². The SMILES string of the molecule is c1ccc(SCCSc2cccc(CNC3CC3)c2)cc1. The quantitative estimate of drug-likeness (QED) is 0.554. The van der Waals surface area contributed by atoms with E-state index >= 15 is 0 Å². The van der Waals surface area contributed by atoms with E-state index in [1.165, 1.54) is 28.2 Å². The largest absolute Gasteiger partial charge is 0.310 e. The molecule has 1 aliphatic carbocycles. The van der Waals surface area contributed by atoms with E-state index in [0.717, 1.165) is 24.1 Å². The maximum absolute atomic E-state index is 3.58.